The van der Waals surface area contributed by atoms with Crippen LogP contribution in [0.3, 0.4) is 0 Å². The molecule has 1 heteroatoms. The fourth-order valence-corrected chi connectivity index (χ4v) is 4.79. The van der Waals surface area contributed by atoms with E-state index in [2.05, 4.69) is 84.9 Å². The highest BCUT2D eigenvalue weighted by Gasteiger charge is 2.58. The zero-order valence-electron chi connectivity index (χ0n) is 14.3. The van der Waals surface area contributed by atoms with Crippen LogP contribution in [0.1, 0.15) is 34.8 Å². The topological polar surface area (TPSA) is 9.23 Å². The quantitative estimate of drug-likeness (QED) is 0.621. The van der Waals surface area contributed by atoms with Crippen LogP contribution in [0.4, 0.5) is 0 Å². The maximum atomic E-state index is 6.75. The van der Waals surface area contributed by atoms with Gasteiger partial charge < -0.3 is 4.74 Å². The molecule has 0 radical (unpaired) electrons. The van der Waals surface area contributed by atoms with Gasteiger partial charge in [0.25, 0.3) is 0 Å². The number of fused-ring (bicyclic) bond motifs is 3. The summed E-state index contributed by atoms with van der Waals surface area (Å²) in [6.07, 6.45) is 3.53. The van der Waals surface area contributed by atoms with E-state index in [1.807, 2.05) is 0 Å². The van der Waals surface area contributed by atoms with E-state index >= 15 is 0 Å². The molecule has 1 aliphatic heterocycles. The number of rotatable bonds is 3. The van der Waals surface area contributed by atoms with Crippen LogP contribution in [-0.4, -0.2) is 0 Å². The van der Waals surface area contributed by atoms with E-state index in [1.54, 1.807) is 0 Å². The minimum atomic E-state index is -0.170. The van der Waals surface area contributed by atoms with Gasteiger partial charge in [-0.2, -0.15) is 0 Å². The number of hydrogen-bond donors (Lipinski definition) is 0. The molecule has 1 fully saturated rings. The molecular formula is C24H22O. The van der Waals surface area contributed by atoms with Crippen molar-refractivity contribution in [3.8, 4) is 0 Å². The number of ether oxygens (including phenoxy) is 1. The van der Waals surface area contributed by atoms with E-state index in [9.17, 15) is 0 Å². The molecule has 0 amide bonds. The second kappa shape index (κ2) is 5.86. The van der Waals surface area contributed by atoms with Crippen molar-refractivity contribution < 1.29 is 4.74 Å². The van der Waals surface area contributed by atoms with Gasteiger partial charge in [0.2, 0.25) is 0 Å². The van der Waals surface area contributed by atoms with E-state index in [0.29, 0.717) is 5.92 Å². The molecule has 1 nitrogen and oxygen atoms in total. The Hall–Kier alpha value is -2.38. The molecule has 25 heavy (non-hydrogen) atoms. The van der Waals surface area contributed by atoms with Gasteiger partial charge in [-0.15, -0.1) is 0 Å². The van der Waals surface area contributed by atoms with Gasteiger partial charge in [0.05, 0.1) is 6.10 Å². The molecule has 0 bridgehead atoms. The van der Waals surface area contributed by atoms with Gasteiger partial charge in [0, 0.05) is 12.3 Å². The summed E-state index contributed by atoms with van der Waals surface area (Å²) in [5.74, 6) is 0.546. The van der Waals surface area contributed by atoms with Gasteiger partial charge in [0.1, 0.15) is 5.60 Å². The molecular weight excluding hydrogens is 304 g/mol. The monoisotopic (exact) mass is 326 g/mol. The predicted octanol–water partition coefficient (Wildman–Crippen LogP) is 5.46. The Morgan fingerprint density at radius 2 is 1.48 bits per heavy atom. The van der Waals surface area contributed by atoms with Crippen molar-refractivity contribution in [1.82, 2.24) is 0 Å². The van der Waals surface area contributed by atoms with Crippen molar-refractivity contribution in [3.63, 3.8) is 0 Å². The second-order valence-corrected chi connectivity index (χ2v) is 7.30. The van der Waals surface area contributed by atoms with Crippen LogP contribution in [-0.2, 0) is 23.2 Å². The second-order valence-electron chi connectivity index (χ2n) is 7.30. The zero-order valence-corrected chi connectivity index (χ0v) is 14.3. The molecule has 1 saturated heterocycles. The summed E-state index contributed by atoms with van der Waals surface area (Å²) in [4.78, 5) is 0. The minimum absolute atomic E-state index is 0.170. The molecule has 3 aromatic carbocycles. The normalized spacial score (nSPS) is 27.0. The molecule has 124 valence electrons. The lowest BCUT2D eigenvalue weighted by molar-refractivity contribution is -0.280. The van der Waals surface area contributed by atoms with E-state index in [4.69, 9.17) is 4.74 Å². The molecule has 0 spiro atoms. The first-order chi connectivity index (χ1) is 12.4. The summed E-state index contributed by atoms with van der Waals surface area (Å²) in [6.45, 7) is 0. The average molecular weight is 326 g/mol. The Morgan fingerprint density at radius 3 is 2.28 bits per heavy atom. The third-order valence-electron chi connectivity index (χ3n) is 5.94. The lowest BCUT2D eigenvalue weighted by Crippen LogP contribution is -2.56. The summed E-state index contributed by atoms with van der Waals surface area (Å²) in [6, 6.07) is 30.4. The average Bonchev–Trinajstić information content (AvgIpc) is 2.66. The highest BCUT2D eigenvalue weighted by atomic mass is 16.5. The van der Waals surface area contributed by atoms with Gasteiger partial charge in [-0.3, -0.25) is 0 Å². The van der Waals surface area contributed by atoms with Crippen LogP contribution < -0.4 is 0 Å². The van der Waals surface area contributed by atoms with Crippen molar-refractivity contribution in [1.29, 1.82) is 0 Å². The van der Waals surface area contributed by atoms with Gasteiger partial charge in [-0.05, 0) is 35.1 Å². The largest absolute Gasteiger partial charge is 0.361 e. The van der Waals surface area contributed by atoms with Crippen molar-refractivity contribution in [2.24, 2.45) is 5.92 Å². The first-order valence-corrected chi connectivity index (χ1v) is 9.22. The van der Waals surface area contributed by atoms with Gasteiger partial charge in [0.15, 0.2) is 0 Å². The molecule has 0 saturated carbocycles. The molecule has 2 aliphatic rings. The molecule has 3 atom stereocenters. The van der Waals surface area contributed by atoms with E-state index in [1.165, 1.54) is 28.7 Å². The number of aryl methyl sites for hydroxylation is 1. The van der Waals surface area contributed by atoms with Crippen LogP contribution >= 0.6 is 0 Å². The Bertz CT molecular complexity index is 871. The van der Waals surface area contributed by atoms with Gasteiger partial charge >= 0.3 is 0 Å². The SMILES string of the molecule is c1ccc(C[C@]23O[C@@H](c4ccccc4)[C@H]2CCc2ccccc23)cc1. The maximum Gasteiger partial charge on any atom is 0.104 e. The minimum Gasteiger partial charge on any atom is -0.361 e. The van der Waals surface area contributed by atoms with Crippen LogP contribution in [0, 0.1) is 5.92 Å². The van der Waals surface area contributed by atoms with Crippen LogP contribution in [0.5, 0.6) is 0 Å². The maximum absolute atomic E-state index is 6.75. The number of hydrogen-bond acceptors (Lipinski definition) is 1. The van der Waals surface area contributed by atoms with Crippen molar-refractivity contribution in [3.05, 3.63) is 107 Å². The third-order valence-corrected chi connectivity index (χ3v) is 5.94. The van der Waals surface area contributed by atoms with Crippen molar-refractivity contribution in [2.45, 2.75) is 31.0 Å². The Balaban J connectivity index is 1.57. The fourth-order valence-electron chi connectivity index (χ4n) is 4.79. The van der Waals surface area contributed by atoms with Gasteiger partial charge in [-0.25, -0.2) is 0 Å². The Labute approximate surface area is 149 Å². The van der Waals surface area contributed by atoms with Crippen molar-refractivity contribution >= 4 is 0 Å². The first kappa shape index (κ1) is 14.9. The fraction of sp³-hybridized carbons (Fsp3) is 0.250. The molecule has 3 aromatic rings. The van der Waals surface area contributed by atoms with Crippen LogP contribution in [0.25, 0.3) is 0 Å². The van der Waals surface area contributed by atoms with Crippen molar-refractivity contribution in [2.75, 3.05) is 0 Å². The molecule has 0 N–H and O–H groups in total. The zero-order chi connectivity index (χ0) is 16.7. The van der Waals surface area contributed by atoms with E-state index in [0.717, 1.165) is 12.8 Å². The summed E-state index contributed by atoms with van der Waals surface area (Å²) in [5.41, 5.74) is 5.37. The van der Waals surface area contributed by atoms with E-state index < -0.39 is 0 Å². The van der Waals surface area contributed by atoms with Crippen LogP contribution in [0.2, 0.25) is 0 Å². The standard InChI is InChI=1S/C24H22O/c1-3-9-18(10-4-1)17-24-21-14-8-7-11-19(21)15-16-22(24)23(25-24)20-12-5-2-6-13-20/h1-14,22-23H,15-17H2/t22-,23+,24-/m1/s1. The Morgan fingerprint density at radius 1 is 0.800 bits per heavy atom. The molecule has 1 heterocycles. The smallest absolute Gasteiger partial charge is 0.104 e. The molecule has 5 rings (SSSR count). The summed E-state index contributed by atoms with van der Waals surface area (Å²) < 4.78 is 6.75. The predicted molar refractivity (Wildman–Crippen MR) is 100 cm³/mol. The number of benzene rings is 3. The lowest BCUT2D eigenvalue weighted by Gasteiger charge is -2.58. The molecule has 1 aliphatic carbocycles. The summed E-state index contributed by atoms with van der Waals surface area (Å²) in [5, 5.41) is 0. The Kier molecular flexibility index (Phi) is 3.50. The van der Waals surface area contributed by atoms with E-state index in [-0.39, 0.29) is 11.7 Å². The third kappa shape index (κ3) is 2.34. The lowest BCUT2D eigenvalue weighted by atomic mass is 9.61. The van der Waals surface area contributed by atoms with Crippen LogP contribution in [0.15, 0.2) is 84.9 Å². The summed E-state index contributed by atoms with van der Waals surface area (Å²) in [7, 11) is 0. The summed E-state index contributed by atoms with van der Waals surface area (Å²) >= 11 is 0. The highest BCUT2D eigenvalue weighted by Crippen LogP contribution is 2.60. The van der Waals surface area contributed by atoms with Gasteiger partial charge in [-0.1, -0.05) is 84.9 Å². The first-order valence-electron chi connectivity index (χ1n) is 9.22. The molecule has 0 unspecified atom stereocenters. The molecule has 0 aromatic heterocycles. The highest BCUT2D eigenvalue weighted by molar-refractivity contribution is 5.41.